The zero-order valence-electron chi connectivity index (χ0n) is 9.26. The molecule has 3 atom stereocenters. The lowest BCUT2D eigenvalue weighted by Crippen LogP contribution is -2.40. The number of nitrogens with two attached hydrogens (primary N) is 1. The van der Waals surface area contributed by atoms with E-state index in [1.54, 1.807) is 0 Å². The van der Waals surface area contributed by atoms with Crippen LogP contribution in [0.5, 0.6) is 0 Å². The van der Waals surface area contributed by atoms with E-state index in [1.165, 1.54) is 11.1 Å². The van der Waals surface area contributed by atoms with Crippen LogP contribution in [0.15, 0.2) is 24.3 Å². The Morgan fingerprint density at radius 2 is 2.12 bits per heavy atom. The highest BCUT2D eigenvalue weighted by Gasteiger charge is 2.35. The van der Waals surface area contributed by atoms with Crippen molar-refractivity contribution in [1.82, 2.24) is 0 Å². The lowest BCUT2D eigenvalue weighted by atomic mass is 9.91. The smallest absolute Gasteiger partial charge is 0.162 e. The van der Waals surface area contributed by atoms with Gasteiger partial charge >= 0.3 is 0 Å². The van der Waals surface area contributed by atoms with E-state index in [4.69, 9.17) is 15.2 Å². The molecule has 2 aliphatic heterocycles. The Morgan fingerprint density at radius 3 is 3.00 bits per heavy atom. The molecule has 2 N–H and O–H groups in total. The van der Waals surface area contributed by atoms with Gasteiger partial charge in [0.2, 0.25) is 0 Å². The third-order valence-electron chi connectivity index (χ3n) is 3.41. The van der Waals surface area contributed by atoms with Crippen LogP contribution in [-0.2, 0) is 15.9 Å². The van der Waals surface area contributed by atoms with Crippen molar-refractivity contribution in [3.05, 3.63) is 35.4 Å². The van der Waals surface area contributed by atoms with Crippen LogP contribution in [-0.4, -0.2) is 18.9 Å². The molecule has 1 fully saturated rings. The van der Waals surface area contributed by atoms with Gasteiger partial charge in [-0.25, -0.2) is 0 Å². The molecule has 1 saturated heterocycles. The second-order valence-corrected chi connectivity index (χ2v) is 4.53. The Kier molecular flexibility index (Phi) is 2.67. The standard InChI is InChI=1S/C13H17NO2/c14-6-5-10-8-12-11-4-2-1-3-9(11)7-13(15-10)16-12/h1-4,10,12-13H,5-8,14H2. The summed E-state index contributed by atoms with van der Waals surface area (Å²) in [5.41, 5.74) is 8.29. The highest BCUT2D eigenvalue weighted by atomic mass is 16.7. The Bertz CT molecular complexity index is 380. The van der Waals surface area contributed by atoms with Crippen molar-refractivity contribution in [2.75, 3.05) is 6.54 Å². The van der Waals surface area contributed by atoms with Gasteiger partial charge in [-0.3, -0.25) is 0 Å². The first-order chi connectivity index (χ1) is 7.86. The van der Waals surface area contributed by atoms with E-state index >= 15 is 0 Å². The van der Waals surface area contributed by atoms with Crippen molar-refractivity contribution in [1.29, 1.82) is 0 Å². The summed E-state index contributed by atoms with van der Waals surface area (Å²) in [5.74, 6) is 0. The summed E-state index contributed by atoms with van der Waals surface area (Å²) in [6, 6.07) is 8.50. The average Bonchev–Trinajstić information content (AvgIpc) is 2.29. The van der Waals surface area contributed by atoms with E-state index in [0.717, 1.165) is 19.3 Å². The van der Waals surface area contributed by atoms with Crippen LogP contribution in [0.25, 0.3) is 0 Å². The third kappa shape index (κ3) is 1.75. The fourth-order valence-electron chi connectivity index (χ4n) is 2.66. The molecule has 2 bridgehead atoms. The summed E-state index contributed by atoms with van der Waals surface area (Å²) in [4.78, 5) is 0. The molecule has 2 heterocycles. The zero-order valence-corrected chi connectivity index (χ0v) is 9.26. The maximum absolute atomic E-state index is 5.86. The number of rotatable bonds is 2. The van der Waals surface area contributed by atoms with Gasteiger partial charge in [-0.1, -0.05) is 24.3 Å². The predicted molar refractivity (Wildman–Crippen MR) is 60.9 cm³/mol. The Labute approximate surface area is 95.5 Å². The van der Waals surface area contributed by atoms with Crippen molar-refractivity contribution < 1.29 is 9.47 Å². The lowest BCUT2D eigenvalue weighted by Gasteiger charge is -2.40. The average molecular weight is 219 g/mol. The molecule has 0 aliphatic carbocycles. The second-order valence-electron chi connectivity index (χ2n) is 4.53. The van der Waals surface area contributed by atoms with Gasteiger partial charge in [0, 0.05) is 12.8 Å². The van der Waals surface area contributed by atoms with Crippen LogP contribution in [0, 0.1) is 0 Å². The number of fused-ring (bicyclic) bond motifs is 4. The fourth-order valence-corrected chi connectivity index (χ4v) is 2.66. The van der Waals surface area contributed by atoms with Crippen LogP contribution >= 0.6 is 0 Å². The molecule has 3 nitrogen and oxygen atoms in total. The normalized spacial score (nSPS) is 32.2. The van der Waals surface area contributed by atoms with Crippen molar-refractivity contribution in [3.8, 4) is 0 Å². The van der Waals surface area contributed by atoms with Gasteiger partial charge in [-0.05, 0) is 24.1 Å². The summed E-state index contributed by atoms with van der Waals surface area (Å²) in [5, 5.41) is 0. The Hall–Kier alpha value is -0.900. The van der Waals surface area contributed by atoms with E-state index < -0.39 is 0 Å². The van der Waals surface area contributed by atoms with Gasteiger partial charge in [0.1, 0.15) is 0 Å². The van der Waals surface area contributed by atoms with Gasteiger partial charge in [0.05, 0.1) is 12.2 Å². The van der Waals surface area contributed by atoms with E-state index in [0.29, 0.717) is 6.54 Å². The molecule has 86 valence electrons. The van der Waals surface area contributed by atoms with E-state index in [-0.39, 0.29) is 18.5 Å². The quantitative estimate of drug-likeness (QED) is 0.824. The Morgan fingerprint density at radius 1 is 1.25 bits per heavy atom. The third-order valence-corrected chi connectivity index (χ3v) is 3.41. The Balaban J connectivity index is 1.85. The molecular formula is C13H17NO2. The minimum atomic E-state index is -0.0646. The van der Waals surface area contributed by atoms with Crippen LogP contribution < -0.4 is 5.73 Å². The molecule has 1 aromatic rings. The van der Waals surface area contributed by atoms with Crippen LogP contribution in [0.1, 0.15) is 30.1 Å². The van der Waals surface area contributed by atoms with E-state index in [9.17, 15) is 0 Å². The molecule has 2 aliphatic rings. The number of ether oxygens (including phenoxy) is 2. The molecule has 3 heteroatoms. The summed E-state index contributed by atoms with van der Waals surface area (Å²) >= 11 is 0. The topological polar surface area (TPSA) is 44.5 Å². The van der Waals surface area contributed by atoms with E-state index in [1.807, 2.05) is 0 Å². The van der Waals surface area contributed by atoms with Crippen LogP contribution in [0.4, 0.5) is 0 Å². The van der Waals surface area contributed by atoms with Crippen LogP contribution in [0.2, 0.25) is 0 Å². The van der Waals surface area contributed by atoms with Crippen molar-refractivity contribution in [3.63, 3.8) is 0 Å². The van der Waals surface area contributed by atoms with Crippen LogP contribution in [0.3, 0.4) is 0 Å². The predicted octanol–water partition coefficient (Wildman–Crippen LogP) is 1.76. The molecule has 1 aromatic carbocycles. The molecular weight excluding hydrogens is 202 g/mol. The molecule has 16 heavy (non-hydrogen) atoms. The van der Waals surface area contributed by atoms with Gasteiger partial charge in [0.15, 0.2) is 6.29 Å². The molecule has 0 spiro atoms. The maximum Gasteiger partial charge on any atom is 0.162 e. The monoisotopic (exact) mass is 219 g/mol. The zero-order chi connectivity index (χ0) is 11.0. The van der Waals surface area contributed by atoms with Crippen molar-refractivity contribution >= 4 is 0 Å². The summed E-state index contributed by atoms with van der Waals surface area (Å²) in [6.45, 7) is 0.686. The first-order valence-electron chi connectivity index (χ1n) is 5.95. The van der Waals surface area contributed by atoms with E-state index in [2.05, 4.69) is 24.3 Å². The van der Waals surface area contributed by atoms with Crippen molar-refractivity contribution in [2.45, 2.75) is 37.8 Å². The highest BCUT2D eigenvalue weighted by molar-refractivity contribution is 5.31. The number of hydrogen-bond acceptors (Lipinski definition) is 3. The SMILES string of the molecule is NCCC1CC2OC(Cc3ccccc32)O1. The molecule has 0 radical (unpaired) electrons. The van der Waals surface area contributed by atoms with Gasteiger partial charge in [-0.2, -0.15) is 0 Å². The van der Waals surface area contributed by atoms with Gasteiger partial charge in [-0.15, -0.1) is 0 Å². The number of hydrogen-bond donors (Lipinski definition) is 1. The minimum absolute atomic E-state index is 0.0646. The summed E-state index contributed by atoms with van der Waals surface area (Å²) < 4.78 is 11.7. The first kappa shape index (κ1) is 10.3. The molecule has 0 aromatic heterocycles. The molecule has 3 unspecified atom stereocenters. The first-order valence-corrected chi connectivity index (χ1v) is 5.95. The largest absolute Gasteiger partial charge is 0.349 e. The fraction of sp³-hybridized carbons (Fsp3) is 0.538. The highest BCUT2D eigenvalue weighted by Crippen LogP contribution is 2.38. The molecule has 3 rings (SSSR count). The molecule has 0 amide bonds. The molecule has 0 saturated carbocycles. The second kappa shape index (κ2) is 4.17. The van der Waals surface area contributed by atoms with Gasteiger partial charge < -0.3 is 15.2 Å². The minimum Gasteiger partial charge on any atom is -0.349 e. The maximum atomic E-state index is 5.86. The van der Waals surface area contributed by atoms with Crippen molar-refractivity contribution in [2.24, 2.45) is 5.73 Å². The lowest BCUT2D eigenvalue weighted by molar-refractivity contribution is -0.251. The van der Waals surface area contributed by atoms with Gasteiger partial charge in [0.25, 0.3) is 0 Å². The summed E-state index contributed by atoms with van der Waals surface area (Å²) in [6.07, 6.45) is 3.14. The number of benzene rings is 1. The summed E-state index contributed by atoms with van der Waals surface area (Å²) in [7, 11) is 0.